The molecule has 0 saturated carbocycles. The van der Waals surface area contributed by atoms with Crippen LogP contribution in [0.2, 0.25) is 0 Å². The number of hydrogen-bond donors (Lipinski definition) is 0. The van der Waals surface area contributed by atoms with E-state index in [1.165, 1.54) is 5.57 Å². The monoisotopic (exact) mass is 259 g/mol. The third-order valence-corrected chi connectivity index (χ3v) is 2.06. The van der Waals surface area contributed by atoms with Crippen LogP contribution >= 0.6 is 0 Å². The first-order valence-corrected chi connectivity index (χ1v) is 7.16. The van der Waals surface area contributed by atoms with Gasteiger partial charge in [-0.3, -0.25) is 4.98 Å². The lowest BCUT2D eigenvalue weighted by Crippen LogP contribution is -1.85. The maximum absolute atomic E-state index is 4.29. The number of hydrogen-bond acceptors (Lipinski definition) is 1. The van der Waals surface area contributed by atoms with Crippen molar-refractivity contribution in [2.24, 2.45) is 0 Å². The molecular formula is C18H29N. The molecule has 0 spiro atoms. The number of pyridine rings is 1. The SMILES string of the molecule is CC.CC.C\C=C/C=C(\C=C/C)c1ccc(C)nc1. The van der Waals surface area contributed by atoms with Crippen molar-refractivity contribution in [3.05, 3.63) is 60.0 Å². The summed E-state index contributed by atoms with van der Waals surface area (Å²) in [6.45, 7) is 14.0. The Morgan fingerprint density at radius 1 is 1.00 bits per heavy atom. The Morgan fingerprint density at radius 3 is 2.05 bits per heavy atom. The van der Waals surface area contributed by atoms with Crippen LogP contribution in [0.4, 0.5) is 0 Å². The normalized spacial score (nSPS) is 10.8. The lowest BCUT2D eigenvalue weighted by Gasteiger charge is -2.01. The van der Waals surface area contributed by atoms with Crippen LogP contribution in [0.1, 0.15) is 52.8 Å². The second-order valence-electron chi connectivity index (χ2n) is 3.34. The topological polar surface area (TPSA) is 12.9 Å². The summed E-state index contributed by atoms with van der Waals surface area (Å²) in [6.07, 6.45) is 12.2. The molecule has 1 aromatic heterocycles. The van der Waals surface area contributed by atoms with E-state index in [2.05, 4.69) is 23.2 Å². The minimum absolute atomic E-state index is 1.05. The van der Waals surface area contributed by atoms with Crippen LogP contribution in [-0.2, 0) is 0 Å². The molecule has 0 aliphatic heterocycles. The highest BCUT2D eigenvalue weighted by Crippen LogP contribution is 2.15. The summed E-state index contributed by atoms with van der Waals surface area (Å²) in [7, 11) is 0. The van der Waals surface area contributed by atoms with E-state index in [0.717, 1.165) is 11.3 Å². The van der Waals surface area contributed by atoms with Crippen molar-refractivity contribution in [3.63, 3.8) is 0 Å². The van der Waals surface area contributed by atoms with Crippen molar-refractivity contribution in [2.75, 3.05) is 0 Å². The van der Waals surface area contributed by atoms with Crippen molar-refractivity contribution in [1.82, 2.24) is 4.98 Å². The lowest BCUT2D eigenvalue weighted by atomic mass is 10.1. The number of rotatable bonds is 3. The molecule has 0 atom stereocenters. The molecule has 0 saturated heterocycles. The van der Waals surface area contributed by atoms with Crippen molar-refractivity contribution in [3.8, 4) is 0 Å². The van der Waals surface area contributed by atoms with Gasteiger partial charge in [0.05, 0.1) is 0 Å². The van der Waals surface area contributed by atoms with Gasteiger partial charge in [-0.25, -0.2) is 0 Å². The van der Waals surface area contributed by atoms with E-state index in [-0.39, 0.29) is 0 Å². The van der Waals surface area contributed by atoms with Gasteiger partial charge >= 0.3 is 0 Å². The summed E-state index contributed by atoms with van der Waals surface area (Å²) in [6, 6.07) is 4.12. The summed E-state index contributed by atoms with van der Waals surface area (Å²) in [4.78, 5) is 4.29. The first-order valence-electron chi connectivity index (χ1n) is 7.16. The molecule has 1 heterocycles. The average Bonchev–Trinajstić information content (AvgIpc) is 2.49. The minimum atomic E-state index is 1.05. The fourth-order valence-electron chi connectivity index (χ4n) is 1.27. The Balaban J connectivity index is 0. The van der Waals surface area contributed by atoms with Crippen LogP contribution in [0.3, 0.4) is 0 Å². The fraction of sp³-hybridized carbons (Fsp3) is 0.389. The summed E-state index contributed by atoms with van der Waals surface area (Å²) < 4.78 is 0. The van der Waals surface area contributed by atoms with Gasteiger partial charge in [-0.2, -0.15) is 0 Å². The zero-order chi connectivity index (χ0) is 15.1. The maximum atomic E-state index is 4.29. The van der Waals surface area contributed by atoms with E-state index in [1.54, 1.807) is 0 Å². The number of allylic oxidation sites excluding steroid dienone is 6. The van der Waals surface area contributed by atoms with Crippen molar-refractivity contribution in [1.29, 1.82) is 0 Å². The van der Waals surface area contributed by atoms with E-state index < -0.39 is 0 Å². The lowest BCUT2D eigenvalue weighted by molar-refractivity contribution is 1.19. The highest BCUT2D eigenvalue weighted by Gasteiger charge is 1.96. The molecule has 1 heteroatoms. The van der Waals surface area contributed by atoms with Crippen molar-refractivity contribution < 1.29 is 0 Å². The van der Waals surface area contributed by atoms with Crippen molar-refractivity contribution >= 4 is 5.57 Å². The van der Waals surface area contributed by atoms with E-state index in [0.29, 0.717) is 0 Å². The predicted molar refractivity (Wildman–Crippen MR) is 89.3 cm³/mol. The van der Waals surface area contributed by atoms with Gasteiger partial charge in [0, 0.05) is 11.9 Å². The zero-order valence-corrected chi connectivity index (χ0v) is 13.6. The number of nitrogens with zero attached hydrogens (tertiary/aromatic N) is 1. The third-order valence-electron chi connectivity index (χ3n) is 2.06. The van der Waals surface area contributed by atoms with Crippen LogP contribution in [0.5, 0.6) is 0 Å². The van der Waals surface area contributed by atoms with Crippen LogP contribution in [-0.4, -0.2) is 4.98 Å². The molecule has 0 unspecified atom stereocenters. The highest BCUT2D eigenvalue weighted by atomic mass is 14.7. The smallest absolute Gasteiger partial charge is 0.0373 e. The molecule has 0 aliphatic carbocycles. The molecule has 106 valence electrons. The van der Waals surface area contributed by atoms with Crippen LogP contribution < -0.4 is 0 Å². The molecule has 0 amide bonds. The molecule has 0 radical (unpaired) electrons. The second-order valence-corrected chi connectivity index (χ2v) is 3.34. The number of aromatic nitrogens is 1. The van der Waals surface area contributed by atoms with Crippen LogP contribution in [0, 0.1) is 6.92 Å². The van der Waals surface area contributed by atoms with Gasteiger partial charge in [-0.05, 0) is 38.0 Å². The molecule has 1 aromatic rings. The van der Waals surface area contributed by atoms with Crippen LogP contribution in [0.25, 0.3) is 5.57 Å². The van der Waals surface area contributed by atoms with Gasteiger partial charge < -0.3 is 0 Å². The minimum Gasteiger partial charge on any atom is -0.261 e. The average molecular weight is 259 g/mol. The molecular weight excluding hydrogens is 230 g/mol. The predicted octanol–water partition coefficient (Wildman–Crippen LogP) is 5.98. The third kappa shape index (κ3) is 9.01. The first-order chi connectivity index (χ1) is 9.27. The number of aryl methyl sites for hydroxylation is 1. The summed E-state index contributed by atoms with van der Waals surface area (Å²) in [5.41, 5.74) is 3.38. The summed E-state index contributed by atoms with van der Waals surface area (Å²) in [5, 5.41) is 0. The van der Waals surface area contributed by atoms with Gasteiger partial charge in [0.25, 0.3) is 0 Å². The van der Waals surface area contributed by atoms with Gasteiger partial charge in [0.1, 0.15) is 0 Å². The van der Waals surface area contributed by atoms with Gasteiger partial charge in [0.15, 0.2) is 0 Å². The largest absolute Gasteiger partial charge is 0.261 e. The standard InChI is InChI=1S/C14H17N.2C2H6/c1-4-6-8-13(7-5-2)14-10-9-12(3)15-11-14;2*1-2/h4-11H,1-3H3;2*1-2H3/b6-4-,7-5-,13-8+;;. The molecule has 1 rings (SSSR count). The van der Waals surface area contributed by atoms with E-state index in [9.17, 15) is 0 Å². The Hall–Kier alpha value is -1.63. The van der Waals surface area contributed by atoms with Gasteiger partial charge in [-0.15, -0.1) is 0 Å². The van der Waals surface area contributed by atoms with E-state index in [1.807, 2.05) is 79.0 Å². The molecule has 0 aliphatic rings. The molecule has 1 nitrogen and oxygen atoms in total. The second kappa shape index (κ2) is 14.4. The zero-order valence-electron chi connectivity index (χ0n) is 13.6. The summed E-state index contributed by atoms with van der Waals surface area (Å²) in [5.74, 6) is 0. The van der Waals surface area contributed by atoms with E-state index >= 15 is 0 Å². The van der Waals surface area contributed by atoms with Crippen molar-refractivity contribution in [2.45, 2.75) is 48.5 Å². The molecule has 0 N–H and O–H groups in total. The molecule has 0 fully saturated rings. The Bertz CT molecular complexity index is 381. The highest BCUT2D eigenvalue weighted by molar-refractivity contribution is 5.74. The Kier molecular flexibility index (Phi) is 15.0. The quantitative estimate of drug-likeness (QED) is 0.609. The van der Waals surface area contributed by atoms with Crippen LogP contribution in [0.15, 0.2) is 48.7 Å². The molecule has 0 aromatic carbocycles. The Labute approximate surface area is 119 Å². The maximum Gasteiger partial charge on any atom is 0.0373 e. The Morgan fingerprint density at radius 2 is 1.63 bits per heavy atom. The first kappa shape index (κ1) is 19.7. The van der Waals surface area contributed by atoms with Gasteiger partial charge in [0.2, 0.25) is 0 Å². The molecule has 0 bridgehead atoms. The fourth-order valence-corrected chi connectivity index (χ4v) is 1.27. The summed E-state index contributed by atoms with van der Waals surface area (Å²) >= 11 is 0. The van der Waals surface area contributed by atoms with E-state index in [4.69, 9.17) is 0 Å². The van der Waals surface area contributed by atoms with Gasteiger partial charge in [-0.1, -0.05) is 64.1 Å². The molecule has 19 heavy (non-hydrogen) atoms.